The molecule has 1 amide bonds. The Balaban J connectivity index is 2.89. The maximum absolute atomic E-state index is 12.1. The van der Waals surface area contributed by atoms with Crippen molar-refractivity contribution < 1.29 is 9.90 Å². The van der Waals surface area contributed by atoms with Crippen LogP contribution in [0.4, 0.5) is 10.9 Å². The summed E-state index contributed by atoms with van der Waals surface area (Å²) in [5.74, 6) is 0.0411. The molecule has 1 unspecified atom stereocenters. The van der Waals surface area contributed by atoms with Crippen LogP contribution in [-0.4, -0.2) is 54.2 Å². The van der Waals surface area contributed by atoms with E-state index >= 15 is 0 Å². The van der Waals surface area contributed by atoms with E-state index in [0.717, 1.165) is 11.7 Å². The summed E-state index contributed by atoms with van der Waals surface area (Å²) >= 11 is 1.27. The van der Waals surface area contributed by atoms with Crippen LogP contribution in [0.5, 0.6) is 0 Å². The largest absolute Gasteiger partial charge is 0.392 e. The number of anilines is 2. The van der Waals surface area contributed by atoms with Gasteiger partial charge in [-0.3, -0.25) is 4.79 Å². The number of nitrogens with two attached hydrogens (primary N) is 1. The highest BCUT2D eigenvalue weighted by atomic mass is 32.1. The SMILES string of the molecule is CCN(C)c1nc(N)c(C(=O)N(C)CC(C)O)s1. The fourth-order valence-electron chi connectivity index (χ4n) is 1.42. The van der Waals surface area contributed by atoms with Gasteiger partial charge in [-0.05, 0) is 13.8 Å². The Kier molecular flexibility index (Phi) is 4.92. The van der Waals surface area contributed by atoms with Gasteiger partial charge >= 0.3 is 0 Å². The smallest absolute Gasteiger partial charge is 0.267 e. The Labute approximate surface area is 111 Å². The van der Waals surface area contributed by atoms with Crippen LogP contribution in [0.25, 0.3) is 0 Å². The van der Waals surface area contributed by atoms with Gasteiger partial charge in [0.2, 0.25) is 0 Å². The lowest BCUT2D eigenvalue weighted by Gasteiger charge is -2.17. The first-order valence-electron chi connectivity index (χ1n) is 5.77. The molecule has 0 aliphatic carbocycles. The molecule has 0 spiro atoms. The molecule has 0 radical (unpaired) electrons. The van der Waals surface area contributed by atoms with Crippen LogP contribution < -0.4 is 10.6 Å². The van der Waals surface area contributed by atoms with Crippen molar-refractivity contribution in [2.75, 3.05) is 37.8 Å². The Morgan fingerprint density at radius 3 is 2.67 bits per heavy atom. The number of likely N-dealkylation sites (N-methyl/N-ethyl adjacent to an activating group) is 1. The Bertz CT molecular complexity index is 419. The zero-order chi connectivity index (χ0) is 13.9. The molecule has 3 N–H and O–H groups in total. The zero-order valence-corrected chi connectivity index (χ0v) is 12.0. The van der Waals surface area contributed by atoms with Gasteiger partial charge in [0.05, 0.1) is 6.10 Å². The van der Waals surface area contributed by atoms with E-state index in [-0.39, 0.29) is 18.3 Å². The molecule has 0 aromatic carbocycles. The van der Waals surface area contributed by atoms with E-state index < -0.39 is 6.10 Å². The minimum Gasteiger partial charge on any atom is -0.392 e. The molecule has 1 rings (SSSR count). The van der Waals surface area contributed by atoms with E-state index in [1.807, 2.05) is 18.9 Å². The van der Waals surface area contributed by atoms with E-state index in [9.17, 15) is 9.90 Å². The number of aromatic nitrogens is 1. The number of carbonyl (C=O) groups is 1. The van der Waals surface area contributed by atoms with Crippen molar-refractivity contribution in [3.63, 3.8) is 0 Å². The summed E-state index contributed by atoms with van der Waals surface area (Å²) in [6, 6.07) is 0. The standard InChI is InChI=1S/C11H20N4O2S/c1-5-14(3)11-13-9(12)8(18-11)10(17)15(4)6-7(2)16/h7,16H,5-6,12H2,1-4H3. The van der Waals surface area contributed by atoms with E-state index in [1.54, 1.807) is 14.0 Å². The van der Waals surface area contributed by atoms with E-state index in [1.165, 1.54) is 16.2 Å². The summed E-state index contributed by atoms with van der Waals surface area (Å²) in [7, 11) is 3.53. The minimum absolute atomic E-state index is 0.207. The van der Waals surface area contributed by atoms with Gasteiger partial charge in [-0.15, -0.1) is 0 Å². The number of hydrogen-bond donors (Lipinski definition) is 2. The van der Waals surface area contributed by atoms with Crippen molar-refractivity contribution in [2.24, 2.45) is 0 Å². The lowest BCUT2D eigenvalue weighted by molar-refractivity contribution is 0.0709. The first-order valence-corrected chi connectivity index (χ1v) is 6.59. The first-order chi connectivity index (χ1) is 8.36. The van der Waals surface area contributed by atoms with Crippen LogP contribution in [0.2, 0.25) is 0 Å². The second kappa shape index (κ2) is 6.01. The third-order valence-corrected chi connectivity index (χ3v) is 3.70. The van der Waals surface area contributed by atoms with E-state index in [4.69, 9.17) is 5.73 Å². The van der Waals surface area contributed by atoms with Crippen LogP contribution in [0.1, 0.15) is 23.5 Å². The molecule has 7 heteroatoms. The van der Waals surface area contributed by atoms with Gasteiger partial charge in [0.15, 0.2) is 5.13 Å². The highest BCUT2D eigenvalue weighted by Gasteiger charge is 2.21. The number of aliphatic hydroxyl groups excluding tert-OH is 1. The summed E-state index contributed by atoms with van der Waals surface area (Å²) < 4.78 is 0. The van der Waals surface area contributed by atoms with Crippen molar-refractivity contribution in [2.45, 2.75) is 20.0 Å². The van der Waals surface area contributed by atoms with Gasteiger partial charge in [0, 0.05) is 27.2 Å². The Morgan fingerprint density at radius 1 is 1.56 bits per heavy atom. The highest BCUT2D eigenvalue weighted by Crippen LogP contribution is 2.28. The fourth-order valence-corrected chi connectivity index (χ4v) is 2.43. The summed E-state index contributed by atoms with van der Waals surface area (Å²) in [5.41, 5.74) is 5.77. The monoisotopic (exact) mass is 272 g/mol. The van der Waals surface area contributed by atoms with Crippen LogP contribution in [0.3, 0.4) is 0 Å². The fraction of sp³-hybridized carbons (Fsp3) is 0.636. The topological polar surface area (TPSA) is 82.7 Å². The Hall–Kier alpha value is -1.34. The average molecular weight is 272 g/mol. The van der Waals surface area contributed by atoms with Gasteiger partial charge in [-0.25, -0.2) is 4.98 Å². The van der Waals surface area contributed by atoms with Crippen molar-refractivity contribution in [1.82, 2.24) is 9.88 Å². The van der Waals surface area contributed by atoms with Crippen molar-refractivity contribution >= 4 is 28.2 Å². The van der Waals surface area contributed by atoms with E-state index in [0.29, 0.717) is 4.88 Å². The molecule has 0 saturated heterocycles. The molecule has 0 bridgehead atoms. The van der Waals surface area contributed by atoms with Gasteiger partial charge < -0.3 is 20.6 Å². The molecule has 1 aromatic rings. The van der Waals surface area contributed by atoms with Crippen molar-refractivity contribution in [1.29, 1.82) is 0 Å². The molecule has 0 aliphatic rings. The summed E-state index contributed by atoms with van der Waals surface area (Å²) in [6.07, 6.45) is -0.564. The van der Waals surface area contributed by atoms with Crippen LogP contribution in [0.15, 0.2) is 0 Å². The summed E-state index contributed by atoms with van der Waals surface area (Å²) in [6.45, 7) is 4.70. The minimum atomic E-state index is -0.564. The lowest BCUT2D eigenvalue weighted by atomic mass is 10.3. The predicted octanol–water partition coefficient (Wildman–Crippen LogP) is 0.634. The van der Waals surface area contributed by atoms with Crippen LogP contribution >= 0.6 is 11.3 Å². The molecule has 1 aromatic heterocycles. The predicted molar refractivity (Wildman–Crippen MR) is 74.1 cm³/mol. The summed E-state index contributed by atoms with van der Waals surface area (Å²) in [4.78, 5) is 20.1. The highest BCUT2D eigenvalue weighted by molar-refractivity contribution is 7.18. The third-order valence-electron chi connectivity index (χ3n) is 2.52. The first kappa shape index (κ1) is 14.7. The lowest BCUT2D eigenvalue weighted by Crippen LogP contribution is -2.32. The molecule has 0 saturated carbocycles. The second-order valence-corrected chi connectivity index (χ2v) is 5.24. The molecule has 1 atom stereocenters. The molecule has 102 valence electrons. The van der Waals surface area contributed by atoms with Crippen LogP contribution in [0, 0.1) is 0 Å². The zero-order valence-electron chi connectivity index (χ0n) is 11.2. The van der Waals surface area contributed by atoms with Gasteiger partial charge in [0.25, 0.3) is 5.91 Å². The maximum atomic E-state index is 12.1. The number of hydrogen-bond acceptors (Lipinski definition) is 6. The number of aliphatic hydroxyl groups is 1. The van der Waals surface area contributed by atoms with Gasteiger partial charge in [-0.2, -0.15) is 0 Å². The third kappa shape index (κ3) is 3.33. The van der Waals surface area contributed by atoms with Crippen molar-refractivity contribution in [3.8, 4) is 0 Å². The van der Waals surface area contributed by atoms with Crippen molar-refractivity contribution in [3.05, 3.63) is 4.88 Å². The van der Waals surface area contributed by atoms with Gasteiger partial charge in [0.1, 0.15) is 10.7 Å². The molecular weight excluding hydrogens is 252 g/mol. The van der Waals surface area contributed by atoms with Crippen LogP contribution in [-0.2, 0) is 0 Å². The number of carbonyl (C=O) groups excluding carboxylic acids is 1. The second-order valence-electron chi connectivity index (χ2n) is 4.26. The molecule has 18 heavy (non-hydrogen) atoms. The number of nitrogen functional groups attached to an aromatic ring is 1. The normalized spacial score (nSPS) is 12.3. The maximum Gasteiger partial charge on any atom is 0.267 e. The number of rotatable bonds is 5. The molecular formula is C11H20N4O2S. The number of amides is 1. The number of thiazole rings is 1. The Morgan fingerprint density at radius 2 is 2.17 bits per heavy atom. The van der Waals surface area contributed by atoms with Gasteiger partial charge in [-0.1, -0.05) is 11.3 Å². The quantitative estimate of drug-likeness (QED) is 0.821. The average Bonchev–Trinajstić information content (AvgIpc) is 2.68. The molecule has 0 fully saturated rings. The molecule has 6 nitrogen and oxygen atoms in total. The number of nitrogens with zero attached hydrogens (tertiary/aromatic N) is 3. The molecule has 1 heterocycles. The summed E-state index contributed by atoms with van der Waals surface area (Å²) in [5, 5.41) is 10.00. The molecule has 0 aliphatic heterocycles. The van der Waals surface area contributed by atoms with E-state index in [2.05, 4.69) is 4.98 Å².